The highest BCUT2D eigenvalue weighted by Crippen LogP contribution is 2.70. The Kier molecular flexibility index (Phi) is 2.14. The lowest BCUT2D eigenvalue weighted by Crippen LogP contribution is -2.69. The predicted molar refractivity (Wildman–Crippen MR) is 50.9 cm³/mol. The molecule has 3 saturated carbocycles. The lowest BCUT2D eigenvalue weighted by atomic mass is 9.40. The standard InChI is InChI=1S/C11H15FO3/c1-3-15-9(14)7(2)8(13)10-4-11(12,5-10)6-10/h7H,3-6H2,1-2H3. The number of hydrogen-bond donors (Lipinski definition) is 0. The molecule has 3 aliphatic carbocycles. The van der Waals surface area contributed by atoms with Crippen molar-refractivity contribution in [2.24, 2.45) is 11.3 Å². The summed E-state index contributed by atoms with van der Waals surface area (Å²) in [5.41, 5.74) is -1.62. The van der Waals surface area contributed by atoms with Crippen LogP contribution in [0.15, 0.2) is 0 Å². The van der Waals surface area contributed by atoms with Gasteiger partial charge in [-0.15, -0.1) is 0 Å². The van der Waals surface area contributed by atoms with Crippen molar-refractivity contribution in [3.8, 4) is 0 Å². The summed E-state index contributed by atoms with van der Waals surface area (Å²) < 4.78 is 18.0. The van der Waals surface area contributed by atoms with E-state index in [-0.39, 0.29) is 12.4 Å². The second kappa shape index (κ2) is 3.03. The first-order chi connectivity index (χ1) is 6.92. The second-order valence-corrected chi connectivity index (χ2v) is 4.80. The van der Waals surface area contributed by atoms with Crippen molar-refractivity contribution in [2.75, 3.05) is 6.61 Å². The van der Waals surface area contributed by atoms with Gasteiger partial charge in [-0.25, -0.2) is 4.39 Å². The smallest absolute Gasteiger partial charge is 0.316 e. The Bertz CT molecular complexity index is 304. The molecule has 3 aliphatic rings. The van der Waals surface area contributed by atoms with Crippen LogP contribution in [-0.4, -0.2) is 24.0 Å². The number of halogens is 1. The maximum Gasteiger partial charge on any atom is 0.316 e. The Morgan fingerprint density at radius 3 is 2.33 bits per heavy atom. The van der Waals surface area contributed by atoms with Gasteiger partial charge in [-0.05, 0) is 33.1 Å². The summed E-state index contributed by atoms with van der Waals surface area (Å²) in [6.45, 7) is 3.52. The van der Waals surface area contributed by atoms with Crippen LogP contribution in [0.3, 0.4) is 0 Å². The van der Waals surface area contributed by atoms with Crippen molar-refractivity contribution < 1.29 is 18.7 Å². The normalized spacial score (nSPS) is 38.6. The molecule has 0 aromatic heterocycles. The number of esters is 1. The summed E-state index contributed by atoms with van der Waals surface area (Å²) >= 11 is 0. The molecule has 3 fully saturated rings. The van der Waals surface area contributed by atoms with E-state index in [1.165, 1.54) is 0 Å². The maximum atomic E-state index is 13.2. The monoisotopic (exact) mass is 214 g/mol. The molecule has 0 aromatic carbocycles. The summed E-state index contributed by atoms with van der Waals surface area (Å²) in [5, 5.41) is 0. The minimum Gasteiger partial charge on any atom is -0.465 e. The highest BCUT2D eigenvalue weighted by atomic mass is 19.1. The van der Waals surface area contributed by atoms with Crippen LogP contribution in [0.1, 0.15) is 33.1 Å². The van der Waals surface area contributed by atoms with Crippen LogP contribution in [0.25, 0.3) is 0 Å². The maximum absolute atomic E-state index is 13.2. The van der Waals surface area contributed by atoms with Gasteiger partial charge in [0.2, 0.25) is 0 Å². The van der Waals surface area contributed by atoms with Gasteiger partial charge in [0.1, 0.15) is 11.6 Å². The zero-order valence-corrected chi connectivity index (χ0v) is 9.01. The van der Waals surface area contributed by atoms with Crippen molar-refractivity contribution >= 4 is 11.8 Å². The number of ether oxygens (including phenoxy) is 1. The molecule has 2 bridgehead atoms. The van der Waals surface area contributed by atoms with E-state index in [4.69, 9.17) is 4.74 Å². The zero-order chi connectivity index (χ0) is 11.3. The molecule has 84 valence electrons. The van der Waals surface area contributed by atoms with Crippen LogP contribution in [0.4, 0.5) is 4.39 Å². The van der Waals surface area contributed by atoms with Gasteiger partial charge in [-0.1, -0.05) is 0 Å². The number of ketones is 1. The third-order valence-corrected chi connectivity index (χ3v) is 3.52. The number of carbonyl (C=O) groups is 2. The van der Waals surface area contributed by atoms with E-state index in [1.807, 2.05) is 0 Å². The number of Topliss-reactive ketones (excluding diaryl/α,β-unsaturated/α-hetero) is 1. The molecule has 1 unspecified atom stereocenters. The molecule has 0 heterocycles. The van der Waals surface area contributed by atoms with Gasteiger partial charge < -0.3 is 4.74 Å². The molecule has 4 heteroatoms. The number of carbonyl (C=O) groups excluding carboxylic acids is 2. The van der Waals surface area contributed by atoms with Gasteiger partial charge in [-0.2, -0.15) is 0 Å². The Hall–Kier alpha value is -0.930. The van der Waals surface area contributed by atoms with E-state index >= 15 is 0 Å². The van der Waals surface area contributed by atoms with Crippen LogP contribution in [-0.2, 0) is 14.3 Å². The summed E-state index contributed by atoms with van der Waals surface area (Å²) in [6, 6.07) is 0. The Labute approximate surface area is 88.0 Å². The molecule has 0 N–H and O–H groups in total. The number of hydrogen-bond acceptors (Lipinski definition) is 3. The van der Waals surface area contributed by atoms with Crippen LogP contribution >= 0.6 is 0 Å². The molecule has 3 nitrogen and oxygen atoms in total. The summed E-state index contributed by atoms with van der Waals surface area (Å²) in [7, 11) is 0. The molecule has 0 radical (unpaired) electrons. The second-order valence-electron chi connectivity index (χ2n) is 4.80. The molecule has 0 spiro atoms. The van der Waals surface area contributed by atoms with Gasteiger partial charge >= 0.3 is 5.97 Å². The summed E-state index contributed by atoms with van der Waals surface area (Å²) in [6.07, 6.45) is 0.924. The van der Waals surface area contributed by atoms with Crippen molar-refractivity contribution in [2.45, 2.75) is 38.8 Å². The van der Waals surface area contributed by atoms with E-state index in [1.54, 1.807) is 13.8 Å². The minimum atomic E-state index is -1.09. The van der Waals surface area contributed by atoms with Crippen molar-refractivity contribution in [3.63, 3.8) is 0 Å². The minimum absolute atomic E-state index is 0.138. The Morgan fingerprint density at radius 2 is 1.93 bits per heavy atom. The van der Waals surface area contributed by atoms with Gasteiger partial charge in [0, 0.05) is 5.41 Å². The van der Waals surface area contributed by atoms with E-state index in [2.05, 4.69) is 0 Å². The highest BCUT2D eigenvalue weighted by Gasteiger charge is 2.73. The molecular weight excluding hydrogens is 199 g/mol. The fourth-order valence-electron chi connectivity index (χ4n) is 2.76. The Balaban J connectivity index is 1.95. The first kappa shape index (κ1) is 10.6. The average Bonchev–Trinajstić information content (AvgIpc) is 2.09. The molecule has 0 saturated heterocycles. The molecule has 0 aromatic rings. The quantitative estimate of drug-likeness (QED) is 0.528. The predicted octanol–water partition coefficient (Wildman–Crippen LogP) is 1.65. The SMILES string of the molecule is CCOC(=O)C(C)C(=O)C12CC(F)(C1)C2. The Morgan fingerprint density at radius 1 is 1.40 bits per heavy atom. The molecular formula is C11H15FO3. The lowest BCUT2D eigenvalue weighted by molar-refractivity contribution is -0.215. The molecule has 0 amide bonds. The first-order valence-electron chi connectivity index (χ1n) is 5.32. The largest absolute Gasteiger partial charge is 0.465 e. The first-order valence-corrected chi connectivity index (χ1v) is 5.32. The molecule has 15 heavy (non-hydrogen) atoms. The fourth-order valence-corrected chi connectivity index (χ4v) is 2.76. The topological polar surface area (TPSA) is 43.4 Å². The third-order valence-electron chi connectivity index (χ3n) is 3.52. The van der Waals surface area contributed by atoms with Gasteiger partial charge in [0.15, 0.2) is 5.78 Å². The van der Waals surface area contributed by atoms with Gasteiger partial charge in [-0.3, -0.25) is 9.59 Å². The lowest BCUT2D eigenvalue weighted by Gasteiger charge is -2.65. The van der Waals surface area contributed by atoms with Gasteiger partial charge in [0.05, 0.1) is 6.61 Å². The number of rotatable bonds is 4. The zero-order valence-electron chi connectivity index (χ0n) is 9.01. The molecule has 1 atom stereocenters. The van der Waals surface area contributed by atoms with Crippen LogP contribution < -0.4 is 0 Å². The van der Waals surface area contributed by atoms with Crippen molar-refractivity contribution in [3.05, 3.63) is 0 Å². The number of alkyl halides is 1. The molecule has 3 rings (SSSR count). The van der Waals surface area contributed by atoms with Gasteiger partial charge in [0.25, 0.3) is 0 Å². The summed E-state index contributed by atoms with van der Waals surface area (Å²) in [4.78, 5) is 23.2. The van der Waals surface area contributed by atoms with E-state index in [0.29, 0.717) is 19.3 Å². The van der Waals surface area contributed by atoms with E-state index in [9.17, 15) is 14.0 Å². The van der Waals surface area contributed by atoms with Crippen molar-refractivity contribution in [1.82, 2.24) is 0 Å². The van der Waals surface area contributed by atoms with Crippen LogP contribution in [0.2, 0.25) is 0 Å². The van der Waals surface area contributed by atoms with Crippen LogP contribution in [0.5, 0.6) is 0 Å². The van der Waals surface area contributed by atoms with Crippen molar-refractivity contribution in [1.29, 1.82) is 0 Å². The van der Waals surface area contributed by atoms with Crippen LogP contribution in [0, 0.1) is 11.3 Å². The van der Waals surface area contributed by atoms with E-state index in [0.717, 1.165) is 0 Å². The fraction of sp³-hybridized carbons (Fsp3) is 0.818. The highest BCUT2D eigenvalue weighted by molar-refractivity contribution is 6.03. The molecule has 0 aliphatic heterocycles. The third kappa shape index (κ3) is 1.38. The summed E-state index contributed by atoms with van der Waals surface area (Å²) in [5.74, 6) is -1.37. The average molecular weight is 214 g/mol. The van der Waals surface area contributed by atoms with E-state index < -0.39 is 23.0 Å².